The van der Waals surface area contributed by atoms with Gasteiger partial charge in [-0.15, -0.1) is 11.6 Å². The third-order valence-corrected chi connectivity index (χ3v) is 2.38. The average molecular weight is 255 g/mol. The molecule has 92 valence electrons. The molecule has 0 saturated heterocycles. The van der Waals surface area contributed by atoms with Crippen molar-refractivity contribution in [3.8, 4) is 0 Å². The molecule has 0 radical (unpaired) electrons. The van der Waals surface area contributed by atoms with E-state index >= 15 is 0 Å². The molecular weight excluding hydrogens is 240 g/mol. The molecule has 1 aromatic carbocycles. The molecule has 0 aliphatic carbocycles. The van der Waals surface area contributed by atoms with Crippen LogP contribution in [0, 0.1) is 6.92 Å². The maximum Gasteiger partial charge on any atom is 0.242 e. The van der Waals surface area contributed by atoms with Gasteiger partial charge in [-0.1, -0.05) is 6.07 Å². The topological polar surface area (TPSA) is 58.2 Å². The number of amides is 2. The minimum atomic E-state index is -0.598. The number of carbonyl (C=O) groups excluding carboxylic acids is 2. The summed E-state index contributed by atoms with van der Waals surface area (Å²) in [6.07, 6.45) is 0. The fourth-order valence-electron chi connectivity index (χ4n) is 1.27. The molecule has 0 aliphatic rings. The van der Waals surface area contributed by atoms with Gasteiger partial charge in [0.05, 0.1) is 0 Å². The van der Waals surface area contributed by atoms with Gasteiger partial charge < -0.3 is 10.6 Å². The molecule has 0 spiro atoms. The van der Waals surface area contributed by atoms with Crippen molar-refractivity contribution in [1.82, 2.24) is 0 Å². The SMILES string of the molecule is CC(=O)Nc1ccc(C)c(NC(=O)C(C)Cl)c1. The number of nitrogens with one attached hydrogen (secondary N) is 2. The van der Waals surface area contributed by atoms with Crippen molar-refractivity contribution >= 4 is 34.8 Å². The number of hydrogen-bond donors (Lipinski definition) is 2. The Morgan fingerprint density at radius 3 is 2.47 bits per heavy atom. The van der Waals surface area contributed by atoms with Crippen molar-refractivity contribution in [2.45, 2.75) is 26.1 Å². The Labute approximate surface area is 105 Å². The van der Waals surface area contributed by atoms with E-state index in [-0.39, 0.29) is 11.8 Å². The summed E-state index contributed by atoms with van der Waals surface area (Å²) in [5, 5.41) is 4.75. The summed E-state index contributed by atoms with van der Waals surface area (Å²) in [4.78, 5) is 22.4. The molecule has 4 nitrogen and oxygen atoms in total. The number of hydrogen-bond acceptors (Lipinski definition) is 2. The monoisotopic (exact) mass is 254 g/mol. The van der Waals surface area contributed by atoms with Crippen LogP contribution in [-0.4, -0.2) is 17.2 Å². The van der Waals surface area contributed by atoms with Gasteiger partial charge in [0.2, 0.25) is 11.8 Å². The van der Waals surface area contributed by atoms with Gasteiger partial charge in [0.25, 0.3) is 0 Å². The summed E-state index contributed by atoms with van der Waals surface area (Å²) >= 11 is 5.67. The first-order valence-corrected chi connectivity index (χ1v) is 5.67. The summed E-state index contributed by atoms with van der Waals surface area (Å²) in [6, 6.07) is 5.30. The summed E-state index contributed by atoms with van der Waals surface area (Å²) in [7, 11) is 0. The lowest BCUT2D eigenvalue weighted by Gasteiger charge is -2.11. The molecule has 0 aromatic heterocycles. The minimum Gasteiger partial charge on any atom is -0.326 e. The van der Waals surface area contributed by atoms with Crippen molar-refractivity contribution in [2.75, 3.05) is 10.6 Å². The number of benzene rings is 1. The van der Waals surface area contributed by atoms with Crippen molar-refractivity contribution in [3.63, 3.8) is 0 Å². The maximum absolute atomic E-state index is 11.5. The second kappa shape index (κ2) is 5.68. The van der Waals surface area contributed by atoms with Crippen LogP contribution in [0.5, 0.6) is 0 Å². The van der Waals surface area contributed by atoms with E-state index in [4.69, 9.17) is 11.6 Å². The quantitative estimate of drug-likeness (QED) is 0.815. The smallest absolute Gasteiger partial charge is 0.242 e. The number of carbonyl (C=O) groups is 2. The van der Waals surface area contributed by atoms with Crippen LogP contribution in [0.15, 0.2) is 18.2 Å². The minimum absolute atomic E-state index is 0.156. The van der Waals surface area contributed by atoms with Gasteiger partial charge in [-0.3, -0.25) is 9.59 Å². The van der Waals surface area contributed by atoms with E-state index in [0.717, 1.165) is 5.56 Å². The highest BCUT2D eigenvalue weighted by atomic mass is 35.5. The number of rotatable bonds is 3. The second-order valence-corrected chi connectivity index (χ2v) is 4.47. The lowest BCUT2D eigenvalue weighted by Crippen LogP contribution is -2.21. The maximum atomic E-state index is 11.5. The molecule has 0 fully saturated rings. The molecule has 2 amide bonds. The predicted octanol–water partition coefficient (Wildman–Crippen LogP) is 2.52. The zero-order valence-electron chi connectivity index (χ0n) is 10.0. The Balaban J connectivity index is 2.90. The van der Waals surface area contributed by atoms with E-state index in [1.165, 1.54) is 6.92 Å². The molecule has 1 rings (SSSR count). The Hall–Kier alpha value is -1.55. The summed E-state index contributed by atoms with van der Waals surface area (Å²) < 4.78 is 0. The van der Waals surface area contributed by atoms with Gasteiger partial charge in [-0.05, 0) is 31.5 Å². The van der Waals surface area contributed by atoms with Crippen LogP contribution >= 0.6 is 11.6 Å². The number of halogens is 1. The zero-order valence-corrected chi connectivity index (χ0v) is 10.8. The lowest BCUT2D eigenvalue weighted by atomic mass is 10.1. The lowest BCUT2D eigenvalue weighted by molar-refractivity contribution is -0.116. The Kier molecular flexibility index (Phi) is 4.52. The molecule has 2 N–H and O–H groups in total. The van der Waals surface area contributed by atoms with Gasteiger partial charge in [-0.25, -0.2) is 0 Å². The Bertz CT molecular complexity index is 444. The van der Waals surface area contributed by atoms with Crippen LogP contribution in [-0.2, 0) is 9.59 Å². The first-order valence-electron chi connectivity index (χ1n) is 5.23. The second-order valence-electron chi connectivity index (χ2n) is 3.82. The molecule has 0 bridgehead atoms. The van der Waals surface area contributed by atoms with Gasteiger partial charge >= 0.3 is 0 Å². The van der Waals surface area contributed by atoms with E-state index in [0.29, 0.717) is 11.4 Å². The highest BCUT2D eigenvalue weighted by Crippen LogP contribution is 2.20. The first-order chi connectivity index (χ1) is 7.90. The molecule has 0 aliphatic heterocycles. The standard InChI is InChI=1S/C12H15ClN2O2/c1-7-4-5-10(14-9(3)16)6-11(7)15-12(17)8(2)13/h4-6,8H,1-3H3,(H,14,16)(H,15,17). The zero-order chi connectivity index (χ0) is 13.0. The van der Waals surface area contributed by atoms with Crippen molar-refractivity contribution in [2.24, 2.45) is 0 Å². The fraction of sp³-hybridized carbons (Fsp3) is 0.333. The third-order valence-electron chi connectivity index (χ3n) is 2.18. The van der Waals surface area contributed by atoms with Crippen LogP contribution in [0.1, 0.15) is 19.4 Å². The molecule has 1 unspecified atom stereocenters. The summed E-state index contributed by atoms with van der Waals surface area (Å²) in [6.45, 7) is 4.90. The molecule has 0 saturated carbocycles. The van der Waals surface area contributed by atoms with Crippen LogP contribution in [0.3, 0.4) is 0 Å². The summed E-state index contributed by atoms with van der Waals surface area (Å²) in [5.41, 5.74) is 2.19. The Morgan fingerprint density at radius 2 is 1.94 bits per heavy atom. The van der Waals surface area contributed by atoms with E-state index in [9.17, 15) is 9.59 Å². The van der Waals surface area contributed by atoms with E-state index < -0.39 is 5.38 Å². The molecule has 0 heterocycles. The molecule has 17 heavy (non-hydrogen) atoms. The van der Waals surface area contributed by atoms with Crippen molar-refractivity contribution < 1.29 is 9.59 Å². The number of alkyl halides is 1. The van der Waals surface area contributed by atoms with Gasteiger partial charge in [0.1, 0.15) is 5.38 Å². The summed E-state index contributed by atoms with van der Waals surface area (Å²) in [5.74, 6) is -0.424. The molecule has 1 aromatic rings. The first kappa shape index (κ1) is 13.5. The van der Waals surface area contributed by atoms with Crippen molar-refractivity contribution in [3.05, 3.63) is 23.8 Å². The van der Waals surface area contributed by atoms with E-state index in [2.05, 4.69) is 10.6 Å². The van der Waals surface area contributed by atoms with Crippen LogP contribution in [0.25, 0.3) is 0 Å². The van der Waals surface area contributed by atoms with E-state index in [1.807, 2.05) is 13.0 Å². The van der Waals surface area contributed by atoms with E-state index in [1.54, 1.807) is 19.1 Å². The van der Waals surface area contributed by atoms with Gasteiger partial charge in [-0.2, -0.15) is 0 Å². The third kappa shape index (κ3) is 4.07. The van der Waals surface area contributed by atoms with Crippen LogP contribution in [0.4, 0.5) is 11.4 Å². The average Bonchev–Trinajstić information content (AvgIpc) is 2.22. The fourth-order valence-corrected chi connectivity index (χ4v) is 1.32. The molecule has 5 heteroatoms. The number of anilines is 2. The molecular formula is C12H15ClN2O2. The van der Waals surface area contributed by atoms with Crippen LogP contribution < -0.4 is 10.6 Å². The normalized spacial score (nSPS) is 11.8. The van der Waals surface area contributed by atoms with Crippen molar-refractivity contribution in [1.29, 1.82) is 0 Å². The van der Waals surface area contributed by atoms with Gasteiger partial charge in [0, 0.05) is 18.3 Å². The molecule has 1 atom stereocenters. The highest BCUT2D eigenvalue weighted by molar-refractivity contribution is 6.32. The number of aryl methyl sites for hydroxylation is 1. The Morgan fingerprint density at radius 1 is 1.29 bits per heavy atom. The van der Waals surface area contributed by atoms with Gasteiger partial charge in [0.15, 0.2) is 0 Å². The largest absolute Gasteiger partial charge is 0.326 e. The van der Waals surface area contributed by atoms with Crippen LogP contribution in [0.2, 0.25) is 0 Å². The predicted molar refractivity (Wildman–Crippen MR) is 69.4 cm³/mol. The highest BCUT2D eigenvalue weighted by Gasteiger charge is 2.11.